The molecule has 0 saturated carbocycles. The molecule has 4 rings (SSSR count). The number of hydrogen-bond acceptors (Lipinski definition) is 3. The highest BCUT2D eigenvalue weighted by molar-refractivity contribution is 6.08. The molecule has 0 aliphatic heterocycles. The molecule has 1 N–H and O–H groups in total. The van der Waals surface area contributed by atoms with E-state index < -0.39 is 11.7 Å². The lowest BCUT2D eigenvalue weighted by atomic mass is 9.98. The molecule has 1 heterocycles. The predicted octanol–water partition coefficient (Wildman–Crippen LogP) is 5.81. The Kier molecular flexibility index (Phi) is 6.18. The SMILES string of the molecule is O=C(Nc1ccc(C#Cc2ncccn2)cc1)c1ccccc1-c1ccc(C(F)(F)F)cc1. The van der Waals surface area contributed by atoms with E-state index in [0.717, 1.165) is 17.7 Å². The van der Waals surface area contributed by atoms with Gasteiger partial charge in [0.05, 0.1) is 5.56 Å². The number of rotatable bonds is 3. The highest BCUT2D eigenvalue weighted by Gasteiger charge is 2.30. The van der Waals surface area contributed by atoms with Crippen LogP contribution in [0.1, 0.15) is 27.3 Å². The lowest BCUT2D eigenvalue weighted by Gasteiger charge is -2.12. The van der Waals surface area contributed by atoms with Gasteiger partial charge in [-0.2, -0.15) is 13.2 Å². The predicted molar refractivity (Wildman–Crippen MR) is 119 cm³/mol. The Morgan fingerprint density at radius 1 is 0.788 bits per heavy atom. The van der Waals surface area contributed by atoms with Crippen LogP contribution in [0.4, 0.5) is 18.9 Å². The number of halogens is 3. The molecule has 0 aliphatic rings. The highest BCUT2D eigenvalue weighted by atomic mass is 19.4. The van der Waals surface area contributed by atoms with Crippen LogP contribution in [0.2, 0.25) is 0 Å². The first-order chi connectivity index (χ1) is 15.9. The van der Waals surface area contributed by atoms with Crippen molar-refractivity contribution in [2.24, 2.45) is 0 Å². The van der Waals surface area contributed by atoms with E-state index in [0.29, 0.717) is 28.2 Å². The molecule has 0 saturated heterocycles. The number of benzene rings is 3. The maximum Gasteiger partial charge on any atom is 0.416 e. The summed E-state index contributed by atoms with van der Waals surface area (Å²) in [6.45, 7) is 0. The van der Waals surface area contributed by atoms with Crippen molar-refractivity contribution in [1.29, 1.82) is 0 Å². The van der Waals surface area contributed by atoms with Crippen molar-refractivity contribution in [2.75, 3.05) is 5.32 Å². The second-order valence-electron chi connectivity index (χ2n) is 6.97. The fourth-order valence-electron chi connectivity index (χ4n) is 3.10. The summed E-state index contributed by atoms with van der Waals surface area (Å²) in [6, 6.07) is 20.1. The number of nitrogens with one attached hydrogen (secondary N) is 1. The van der Waals surface area contributed by atoms with Gasteiger partial charge < -0.3 is 5.32 Å². The molecule has 33 heavy (non-hydrogen) atoms. The van der Waals surface area contributed by atoms with E-state index in [2.05, 4.69) is 27.1 Å². The van der Waals surface area contributed by atoms with Crippen LogP contribution in [0.3, 0.4) is 0 Å². The van der Waals surface area contributed by atoms with Crippen LogP contribution in [-0.4, -0.2) is 15.9 Å². The van der Waals surface area contributed by atoms with Crippen molar-refractivity contribution in [3.05, 3.63) is 114 Å². The van der Waals surface area contributed by atoms with Gasteiger partial charge in [-0.25, -0.2) is 9.97 Å². The summed E-state index contributed by atoms with van der Waals surface area (Å²) in [4.78, 5) is 21.0. The summed E-state index contributed by atoms with van der Waals surface area (Å²) in [7, 11) is 0. The maximum absolute atomic E-state index is 12.9. The molecule has 7 heteroatoms. The molecule has 1 aromatic heterocycles. The van der Waals surface area contributed by atoms with Crippen molar-refractivity contribution < 1.29 is 18.0 Å². The number of hydrogen-bond donors (Lipinski definition) is 1. The number of carbonyl (C=O) groups is 1. The molecule has 4 nitrogen and oxygen atoms in total. The molecule has 0 aliphatic carbocycles. The third kappa shape index (κ3) is 5.43. The normalized spacial score (nSPS) is 10.8. The molecule has 1 amide bonds. The van der Waals surface area contributed by atoms with Crippen molar-refractivity contribution in [1.82, 2.24) is 9.97 Å². The Morgan fingerprint density at radius 2 is 1.45 bits per heavy atom. The zero-order valence-electron chi connectivity index (χ0n) is 17.1. The smallest absolute Gasteiger partial charge is 0.322 e. The monoisotopic (exact) mass is 443 g/mol. The van der Waals surface area contributed by atoms with Crippen LogP contribution < -0.4 is 5.32 Å². The minimum atomic E-state index is -4.42. The zero-order chi connectivity index (χ0) is 23.3. The first-order valence-corrected chi connectivity index (χ1v) is 9.87. The largest absolute Gasteiger partial charge is 0.416 e. The second-order valence-corrected chi connectivity index (χ2v) is 6.97. The molecule has 162 valence electrons. The van der Waals surface area contributed by atoms with Gasteiger partial charge in [0, 0.05) is 29.2 Å². The Bertz CT molecular complexity index is 1320. The second kappa shape index (κ2) is 9.37. The fraction of sp³-hybridized carbons (Fsp3) is 0.0385. The first-order valence-electron chi connectivity index (χ1n) is 9.87. The lowest BCUT2D eigenvalue weighted by molar-refractivity contribution is -0.137. The molecule has 3 aromatic carbocycles. The van der Waals surface area contributed by atoms with Gasteiger partial charge in [-0.1, -0.05) is 36.3 Å². The van der Waals surface area contributed by atoms with Crippen LogP contribution in [-0.2, 0) is 6.18 Å². The van der Waals surface area contributed by atoms with Gasteiger partial charge in [0.2, 0.25) is 5.82 Å². The van der Waals surface area contributed by atoms with Gasteiger partial charge in [-0.15, -0.1) is 0 Å². The Hall–Kier alpha value is -4.44. The van der Waals surface area contributed by atoms with E-state index in [1.807, 2.05) is 0 Å². The molecule has 0 fully saturated rings. The van der Waals surface area contributed by atoms with E-state index >= 15 is 0 Å². The third-order valence-corrected chi connectivity index (χ3v) is 4.72. The Morgan fingerprint density at radius 3 is 2.12 bits per heavy atom. The minimum Gasteiger partial charge on any atom is -0.322 e. The average Bonchev–Trinajstić information content (AvgIpc) is 2.84. The van der Waals surface area contributed by atoms with Crippen LogP contribution >= 0.6 is 0 Å². The quantitative estimate of drug-likeness (QED) is 0.406. The zero-order valence-corrected chi connectivity index (χ0v) is 17.1. The Balaban J connectivity index is 1.51. The summed E-state index contributed by atoms with van der Waals surface area (Å²) < 4.78 is 38.6. The van der Waals surface area contributed by atoms with E-state index in [-0.39, 0.29) is 5.91 Å². The molecule has 0 radical (unpaired) electrons. The Labute approximate surface area is 188 Å². The molecule has 0 spiro atoms. The maximum atomic E-state index is 12.9. The van der Waals surface area contributed by atoms with E-state index in [1.54, 1.807) is 67.0 Å². The third-order valence-electron chi connectivity index (χ3n) is 4.72. The summed E-state index contributed by atoms with van der Waals surface area (Å²) in [5, 5.41) is 2.81. The fourth-order valence-corrected chi connectivity index (χ4v) is 3.10. The molecule has 4 aromatic rings. The van der Waals surface area contributed by atoms with Gasteiger partial charge in [-0.3, -0.25) is 4.79 Å². The van der Waals surface area contributed by atoms with E-state index in [9.17, 15) is 18.0 Å². The number of anilines is 1. The average molecular weight is 443 g/mol. The van der Waals surface area contributed by atoms with Gasteiger partial charge in [0.25, 0.3) is 5.91 Å². The summed E-state index contributed by atoms with van der Waals surface area (Å²) >= 11 is 0. The minimum absolute atomic E-state index is 0.349. The number of nitrogens with zero attached hydrogens (tertiary/aromatic N) is 2. The topological polar surface area (TPSA) is 54.9 Å². The molecular formula is C26H16F3N3O. The summed E-state index contributed by atoms with van der Waals surface area (Å²) in [5.74, 6) is 5.85. The van der Waals surface area contributed by atoms with Crippen LogP contribution in [0, 0.1) is 11.8 Å². The van der Waals surface area contributed by atoms with Crippen LogP contribution in [0.25, 0.3) is 11.1 Å². The van der Waals surface area contributed by atoms with Crippen LogP contribution in [0.5, 0.6) is 0 Å². The molecular weight excluding hydrogens is 427 g/mol. The molecule has 0 atom stereocenters. The molecule has 0 bridgehead atoms. The van der Waals surface area contributed by atoms with E-state index in [1.165, 1.54) is 12.1 Å². The van der Waals surface area contributed by atoms with Gasteiger partial charge >= 0.3 is 6.18 Å². The van der Waals surface area contributed by atoms with E-state index in [4.69, 9.17) is 0 Å². The van der Waals surface area contributed by atoms with Gasteiger partial charge in [0.15, 0.2) is 0 Å². The number of amides is 1. The first kappa shape index (κ1) is 21.8. The number of aromatic nitrogens is 2. The van der Waals surface area contributed by atoms with Crippen molar-refractivity contribution >= 4 is 11.6 Å². The highest BCUT2D eigenvalue weighted by Crippen LogP contribution is 2.32. The van der Waals surface area contributed by atoms with Crippen LogP contribution in [0.15, 0.2) is 91.3 Å². The van der Waals surface area contributed by atoms with Crippen molar-refractivity contribution in [3.8, 4) is 23.0 Å². The number of alkyl halides is 3. The summed E-state index contributed by atoms with van der Waals surface area (Å²) in [6.07, 6.45) is -1.20. The summed E-state index contributed by atoms with van der Waals surface area (Å²) in [5.41, 5.74) is 1.95. The van der Waals surface area contributed by atoms with Gasteiger partial charge in [-0.05, 0) is 65.6 Å². The van der Waals surface area contributed by atoms with Crippen molar-refractivity contribution in [2.45, 2.75) is 6.18 Å². The standard InChI is InChI=1S/C26H16F3N3O/c27-26(28,29)20-11-9-19(10-12-20)22-4-1-2-5-23(22)25(33)32-21-13-6-18(7-14-21)8-15-24-30-16-3-17-31-24/h1-7,9-14,16-17H,(H,32,33). The lowest BCUT2D eigenvalue weighted by Crippen LogP contribution is -2.13. The number of carbonyl (C=O) groups excluding carboxylic acids is 1. The van der Waals surface area contributed by atoms with Crippen molar-refractivity contribution in [3.63, 3.8) is 0 Å². The molecule has 0 unspecified atom stereocenters. The van der Waals surface area contributed by atoms with Gasteiger partial charge in [0.1, 0.15) is 0 Å².